The molecule has 60 heavy (non-hydrogen) atoms. The fourth-order valence-corrected chi connectivity index (χ4v) is 12.7. The smallest absolute Gasteiger partial charge is 0.451 e. The van der Waals surface area contributed by atoms with Gasteiger partial charge in [0.2, 0.25) is 0 Å². The number of aromatic nitrogens is 1. The van der Waals surface area contributed by atoms with Crippen LogP contribution in [-0.4, -0.2) is 171 Å². The molecular weight excluding hydrogens is 830 g/mol. The minimum atomic E-state index is -4.26. The molecule has 27 heteroatoms. The summed E-state index contributed by atoms with van der Waals surface area (Å²) in [6.07, 6.45) is 7.26. The number of aliphatic carboxylic acids is 2. The zero-order chi connectivity index (χ0) is 44.6. The van der Waals surface area contributed by atoms with Gasteiger partial charge in [0.15, 0.2) is 0 Å². The molecule has 0 bridgehead atoms. The lowest BCUT2D eigenvalue weighted by molar-refractivity contribution is -0.145. The molecule has 15 N–H and O–H groups in total. The molecule has 340 valence electrons. The lowest BCUT2D eigenvalue weighted by Gasteiger charge is -2.38. The van der Waals surface area contributed by atoms with Gasteiger partial charge in [-0.3, -0.25) is 9.59 Å². The van der Waals surface area contributed by atoms with Crippen molar-refractivity contribution in [1.29, 1.82) is 0 Å². The second-order valence-electron chi connectivity index (χ2n) is 17.4. The predicted molar refractivity (Wildman–Crippen MR) is 219 cm³/mol. The van der Waals surface area contributed by atoms with E-state index in [1.165, 1.54) is 21.1 Å². The van der Waals surface area contributed by atoms with Gasteiger partial charge in [0, 0.05) is 67.7 Å². The Hall–Kier alpha value is -2.50. The predicted octanol–water partition coefficient (Wildman–Crippen LogP) is -3.69. The van der Waals surface area contributed by atoms with Crippen molar-refractivity contribution in [1.82, 2.24) is 23.2 Å². The van der Waals surface area contributed by atoms with Crippen molar-refractivity contribution in [3.63, 3.8) is 0 Å². The Morgan fingerprint density at radius 1 is 0.850 bits per heavy atom. The van der Waals surface area contributed by atoms with Gasteiger partial charge in [-0.1, -0.05) is 12.8 Å². The Bertz CT molecular complexity index is 1870. The molecule has 1 aromatic heterocycles. The number of hydrogen-bond donors (Lipinski definition) is 11. The second kappa shape index (κ2) is 18.3. The van der Waals surface area contributed by atoms with Crippen LogP contribution in [0.5, 0.6) is 0 Å². The van der Waals surface area contributed by atoms with Crippen molar-refractivity contribution in [2.45, 2.75) is 125 Å². The van der Waals surface area contributed by atoms with Crippen molar-refractivity contribution >= 4 is 52.6 Å². The molecule has 7 atom stereocenters. The summed E-state index contributed by atoms with van der Waals surface area (Å²) < 4.78 is 64.5. The van der Waals surface area contributed by atoms with Crippen LogP contribution < -0.4 is 32.6 Å². The van der Waals surface area contributed by atoms with E-state index >= 15 is 0 Å². The number of carboxylic acid groups (broad SMARTS) is 2. The Morgan fingerprint density at radius 2 is 1.32 bits per heavy atom. The molecule has 0 spiro atoms. The number of nitrogens with two attached hydrogens (primary N) is 4. The van der Waals surface area contributed by atoms with Crippen molar-refractivity contribution in [2.24, 2.45) is 34.8 Å². The number of anilines is 1. The lowest BCUT2D eigenvalue weighted by Crippen LogP contribution is -2.60. The number of rotatable bonds is 20. The van der Waals surface area contributed by atoms with Crippen LogP contribution in [-0.2, 0) is 30.0 Å². The van der Waals surface area contributed by atoms with Gasteiger partial charge in [0.1, 0.15) is 17.3 Å². The van der Waals surface area contributed by atoms with Crippen LogP contribution in [0.3, 0.4) is 0 Å². The SMILES string of the molecule is CC(N(C1CCNC1)S(=O)(=O)N1C[C@H](CCCB(O)O)[C@](N)(C(=O)O)C1)C1(N)CC1.CC(N(c1ncco1)S(=O)(=O)N1C[C@H](CCCB(O)O)[C@](N)(C(=O)O)C1)C1(N)CC1. The van der Waals surface area contributed by atoms with Gasteiger partial charge in [-0.15, -0.1) is 0 Å². The first-order valence-corrected chi connectivity index (χ1v) is 23.2. The largest absolute Gasteiger partial charge is 0.480 e. The number of carbonyl (C=O) groups is 2. The molecule has 0 aromatic carbocycles. The van der Waals surface area contributed by atoms with Crippen molar-refractivity contribution in [3.05, 3.63) is 12.5 Å². The first kappa shape index (κ1) is 48.5. The molecule has 2 saturated carbocycles. The fourth-order valence-electron chi connectivity index (χ4n) is 8.63. The first-order chi connectivity index (χ1) is 27.8. The van der Waals surface area contributed by atoms with Crippen LogP contribution in [0.2, 0.25) is 12.6 Å². The Balaban J connectivity index is 0.000000228. The van der Waals surface area contributed by atoms with E-state index in [4.69, 9.17) is 47.4 Å². The molecule has 4 heterocycles. The summed E-state index contributed by atoms with van der Waals surface area (Å²) in [6, 6.07) is -1.47. The maximum atomic E-state index is 13.7. The standard InChI is InChI=1S/C17H34BN5O6S.C16H28BN5O7S/c1-12(16(19)5-6-16)23(14-4-8-21-9-14)30(28,29)22-10-13(3-2-7-18(26)27)17(20,11-22)15(24)25;1-11(15(18)4-5-15)22(14-20-7-8-29-14)30(27,28)21-9-12(3-2-6-17(25)26)16(19,10-21)13(23)24/h12-14,21,26-27H,2-11,19-20H2,1H3,(H,24,25);7-8,11-12,25-26H,2-6,9-10,18-19H2,1H3,(H,23,24)/t12?,13-,14?,17-;11?,12-,16-/m00/s1. The van der Waals surface area contributed by atoms with Crippen LogP contribution in [0.4, 0.5) is 6.01 Å². The van der Waals surface area contributed by atoms with Crippen LogP contribution >= 0.6 is 0 Å². The first-order valence-electron chi connectivity index (χ1n) is 20.4. The normalized spacial score (nSPS) is 29.8. The van der Waals surface area contributed by atoms with Gasteiger partial charge >= 0.3 is 42.4 Å². The number of oxazole rings is 1. The molecule has 6 rings (SSSR count). The number of hydrogen-bond acceptors (Lipinski definition) is 17. The van der Waals surface area contributed by atoms with E-state index in [0.717, 1.165) is 21.5 Å². The third kappa shape index (κ3) is 10.1. The van der Waals surface area contributed by atoms with E-state index in [1.54, 1.807) is 6.92 Å². The highest BCUT2D eigenvalue weighted by molar-refractivity contribution is 7.90. The van der Waals surface area contributed by atoms with E-state index in [0.29, 0.717) is 38.8 Å². The average Bonchev–Trinajstić information content (AvgIpc) is 3.70. The van der Waals surface area contributed by atoms with Crippen molar-refractivity contribution in [3.8, 4) is 0 Å². The molecule has 0 amide bonds. The van der Waals surface area contributed by atoms with Crippen LogP contribution in [0, 0.1) is 11.8 Å². The molecule has 3 unspecified atom stereocenters. The summed E-state index contributed by atoms with van der Waals surface area (Å²) in [4.78, 5) is 27.8. The van der Waals surface area contributed by atoms with Crippen LogP contribution in [0.1, 0.15) is 71.6 Å². The summed E-state index contributed by atoms with van der Waals surface area (Å²) in [5.74, 6) is -3.91. The monoisotopic (exact) mass is 892 g/mol. The summed E-state index contributed by atoms with van der Waals surface area (Å²) in [5, 5.41) is 58.8. The Kier molecular flexibility index (Phi) is 14.8. The maximum Gasteiger partial charge on any atom is 0.451 e. The minimum Gasteiger partial charge on any atom is -0.480 e. The second-order valence-corrected chi connectivity index (χ2v) is 21.1. The zero-order valence-corrected chi connectivity index (χ0v) is 35.8. The average molecular weight is 893 g/mol. The lowest BCUT2D eigenvalue weighted by atomic mass is 9.78. The Labute approximate surface area is 351 Å². The topological polar surface area (TPSA) is 379 Å². The molecule has 5 fully saturated rings. The van der Waals surface area contributed by atoms with Gasteiger partial charge in [0.25, 0.3) is 10.2 Å². The summed E-state index contributed by atoms with van der Waals surface area (Å²) in [6.45, 7) is 3.82. The molecule has 5 aliphatic rings. The van der Waals surface area contributed by atoms with Crippen molar-refractivity contribution in [2.75, 3.05) is 43.6 Å². The van der Waals surface area contributed by atoms with E-state index in [2.05, 4.69) is 10.3 Å². The third-order valence-electron chi connectivity index (χ3n) is 13.2. The number of nitrogens with zero attached hydrogens (tertiary/aromatic N) is 5. The highest BCUT2D eigenvalue weighted by atomic mass is 32.2. The molecule has 0 radical (unpaired) electrons. The number of nitrogens with one attached hydrogen (secondary N) is 1. The molecule has 23 nitrogen and oxygen atoms in total. The molecule has 3 aliphatic heterocycles. The highest BCUT2D eigenvalue weighted by Crippen LogP contribution is 2.43. The third-order valence-corrected chi connectivity index (χ3v) is 17.2. The number of carboxylic acids is 2. The van der Waals surface area contributed by atoms with E-state index in [-0.39, 0.29) is 63.6 Å². The molecular formula is C33H62B2N10O13S2. The minimum absolute atomic E-state index is 0.0202. The fraction of sp³-hybridized carbons (Fsp3) is 0.848. The summed E-state index contributed by atoms with van der Waals surface area (Å²) >= 11 is 0. The summed E-state index contributed by atoms with van der Waals surface area (Å²) in [7, 11) is -11.3. The molecule has 1 aromatic rings. The van der Waals surface area contributed by atoms with Gasteiger partial charge < -0.3 is 63.0 Å². The quantitative estimate of drug-likeness (QED) is 0.0562. The van der Waals surface area contributed by atoms with Crippen LogP contribution in [0.25, 0.3) is 0 Å². The summed E-state index contributed by atoms with van der Waals surface area (Å²) in [5.41, 5.74) is 20.1. The Morgan fingerprint density at radius 3 is 1.70 bits per heavy atom. The van der Waals surface area contributed by atoms with Gasteiger partial charge in [0.05, 0.1) is 12.2 Å². The highest BCUT2D eigenvalue weighted by Gasteiger charge is 2.59. The van der Waals surface area contributed by atoms with Gasteiger partial charge in [-0.2, -0.15) is 29.8 Å². The van der Waals surface area contributed by atoms with Gasteiger partial charge in [-0.25, -0.2) is 9.29 Å². The van der Waals surface area contributed by atoms with Crippen LogP contribution in [0.15, 0.2) is 16.9 Å². The van der Waals surface area contributed by atoms with Crippen molar-refractivity contribution < 1.29 is 61.2 Å². The van der Waals surface area contributed by atoms with Gasteiger partial charge in [-0.05, 0) is 78.0 Å². The maximum absolute atomic E-state index is 13.7. The van der Waals surface area contributed by atoms with E-state index in [1.807, 2.05) is 6.92 Å². The van der Waals surface area contributed by atoms with E-state index in [9.17, 15) is 36.6 Å². The zero-order valence-electron chi connectivity index (χ0n) is 34.1. The molecule has 2 aliphatic carbocycles. The van der Waals surface area contributed by atoms with E-state index < -0.39 is 99.2 Å². The molecule has 3 saturated heterocycles.